The molecule has 1 heterocycles. The van der Waals surface area contributed by atoms with E-state index in [0.29, 0.717) is 5.92 Å². The first-order chi connectivity index (χ1) is 13.4. The number of hydrogen-bond acceptors (Lipinski definition) is 2. The molecular weight excluding hydrogens is 346 g/mol. The molecule has 0 bridgehead atoms. The zero-order valence-corrected chi connectivity index (χ0v) is 17.9. The van der Waals surface area contributed by atoms with Gasteiger partial charge in [0.05, 0.1) is 15.2 Å². The predicted molar refractivity (Wildman–Crippen MR) is 119 cm³/mol. The Morgan fingerprint density at radius 2 is 1.15 bits per heavy atom. The number of nitrogens with zero attached hydrogens (tertiary/aromatic N) is 1. The van der Waals surface area contributed by atoms with Gasteiger partial charge in [-0.25, -0.2) is 4.98 Å². The first kappa shape index (κ1) is 19.4. The highest BCUT2D eigenvalue weighted by molar-refractivity contribution is 7.18. The molecule has 2 aliphatic rings. The normalized spacial score (nSPS) is 22.4. The van der Waals surface area contributed by atoms with Crippen molar-refractivity contribution in [1.82, 2.24) is 4.98 Å². The van der Waals surface area contributed by atoms with E-state index in [0.717, 1.165) is 5.92 Å². The molecule has 148 valence electrons. The van der Waals surface area contributed by atoms with Crippen molar-refractivity contribution < 1.29 is 0 Å². The van der Waals surface area contributed by atoms with Gasteiger partial charge in [0, 0.05) is 5.92 Å². The number of hydrogen-bond donors (Lipinski definition) is 0. The lowest BCUT2D eigenvalue weighted by atomic mass is 9.89. The van der Waals surface area contributed by atoms with Crippen molar-refractivity contribution in [2.45, 2.75) is 115 Å². The first-order valence-corrected chi connectivity index (χ1v) is 12.6. The highest BCUT2D eigenvalue weighted by Crippen LogP contribution is 2.37. The van der Waals surface area contributed by atoms with Crippen molar-refractivity contribution in [3.05, 3.63) is 28.8 Å². The average molecular weight is 384 g/mol. The Morgan fingerprint density at radius 3 is 1.74 bits per heavy atom. The molecule has 2 heteroatoms. The maximum Gasteiger partial charge on any atom is 0.0969 e. The fourth-order valence-electron chi connectivity index (χ4n) is 5.23. The van der Waals surface area contributed by atoms with Crippen LogP contribution in [-0.2, 0) is 0 Å². The van der Waals surface area contributed by atoms with E-state index in [4.69, 9.17) is 4.98 Å². The molecule has 1 nitrogen and oxygen atoms in total. The molecule has 0 aliphatic heterocycles. The van der Waals surface area contributed by atoms with Gasteiger partial charge in [-0.3, -0.25) is 0 Å². The summed E-state index contributed by atoms with van der Waals surface area (Å²) >= 11 is 2.01. The van der Waals surface area contributed by atoms with Crippen molar-refractivity contribution in [2.24, 2.45) is 0 Å². The lowest BCUT2D eigenvalue weighted by molar-refractivity contribution is 0.538. The molecule has 2 saturated carbocycles. The predicted octanol–water partition coefficient (Wildman–Crippen LogP) is 8.73. The second kappa shape index (κ2) is 10.0. The summed E-state index contributed by atoms with van der Waals surface area (Å²) in [6.45, 7) is 0. The van der Waals surface area contributed by atoms with Crippen molar-refractivity contribution in [3.63, 3.8) is 0 Å². The summed E-state index contributed by atoms with van der Waals surface area (Å²) in [5, 5.41) is 1.43. The Hall–Kier alpha value is -0.890. The Morgan fingerprint density at radius 1 is 0.630 bits per heavy atom. The number of fused-ring (bicyclic) bond motifs is 1. The molecule has 0 N–H and O–H groups in total. The maximum absolute atomic E-state index is 5.09. The highest BCUT2D eigenvalue weighted by Gasteiger charge is 2.19. The fraction of sp³-hybridized carbons (Fsp3) is 0.720. The van der Waals surface area contributed by atoms with Crippen LogP contribution in [0.4, 0.5) is 0 Å². The van der Waals surface area contributed by atoms with Gasteiger partial charge >= 0.3 is 0 Å². The van der Waals surface area contributed by atoms with E-state index < -0.39 is 0 Å². The third kappa shape index (κ3) is 5.34. The first-order valence-electron chi connectivity index (χ1n) is 11.8. The molecule has 0 spiro atoms. The molecule has 2 fully saturated rings. The minimum Gasteiger partial charge on any atom is -0.241 e. The summed E-state index contributed by atoms with van der Waals surface area (Å²) < 4.78 is 1.45. The third-order valence-corrected chi connectivity index (χ3v) is 8.14. The molecule has 4 rings (SSSR count). The summed E-state index contributed by atoms with van der Waals surface area (Å²) in [6, 6.07) is 7.23. The monoisotopic (exact) mass is 383 g/mol. The standard InChI is InChI=1S/C25H37NS/c1-2-6-10-14-20(13-9-5-1)22-17-18-23-24(19-22)27-25(26-23)21-15-11-7-3-4-8-12-16-21/h17-21H,1-16H2. The van der Waals surface area contributed by atoms with Crippen LogP contribution in [0.1, 0.15) is 125 Å². The van der Waals surface area contributed by atoms with Crippen LogP contribution in [0.5, 0.6) is 0 Å². The summed E-state index contributed by atoms with van der Waals surface area (Å²) in [7, 11) is 0. The number of rotatable bonds is 2. The topological polar surface area (TPSA) is 12.9 Å². The van der Waals surface area contributed by atoms with E-state index in [2.05, 4.69) is 18.2 Å². The molecule has 2 aliphatic carbocycles. The number of benzene rings is 1. The Balaban J connectivity index is 1.51. The molecule has 0 radical (unpaired) electrons. The van der Waals surface area contributed by atoms with Gasteiger partial charge in [0.2, 0.25) is 0 Å². The van der Waals surface area contributed by atoms with Crippen LogP contribution >= 0.6 is 11.3 Å². The molecule has 0 saturated heterocycles. The highest BCUT2D eigenvalue weighted by atomic mass is 32.1. The fourth-order valence-corrected chi connectivity index (χ4v) is 6.42. The quantitative estimate of drug-likeness (QED) is 0.505. The van der Waals surface area contributed by atoms with Crippen LogP contribution < -0.4 is 0 Å². The maximum atomic E-state index is 5.09. The van der Waals surface area contributed by atoms with Gasteiger partial charge in [-0.2, -0.15) is 0 Å². The van der Waals surface area contributed by atoms with Gasteiger partial charge in [0.15, 0.2) is 0 Å². The molecular formula is C25H37NS. The van der Waals surface area contributed by atoms with Crippen molar-refractivity contribution in [1.29, 1.82) is 0 Å². The summed E-state index contributed by atoms with van der Waals surface area (Å²) in [4.78, 5) is 5.09. The van der Waals surface area contributed by atoms with Crippen LogP contribution in [0, 0.1) is 0 Å². The van der Waals surface area contributed by atoms with Gasteiger partial charge < -0.3 is 0 Å². The zero-order valence-electron chi connectivity index (χ0n) is 17.1. The number of thiazole rings is 1. The van der Waals surface area contributed by atoms with E-state index in [1.54, 1.807) is 5.56 Å². The molecule has 0 amide bonds. The van der Waals surface area contributed by atoms with E-state index in [1.165, 1.54) is 118 Å². The molecule has 1 aromatic heterocycles. The van der Waals surface area contributed by atoms with Gasteiger partial charge in [0.25, 0.3) is 0 Å². The van der Waals surface area contributed by atoms with E-state index in [1.807, 2.05) is 11.3 Å². The zero-order chi connectivity index (χ0) is 18.3. The van der Waals surface area contributed by atoms with Crippen LogP contribution in [0.15, 0.2) is 18.2 Å². The number of aromatic nitrogens is 1. The molecule has 1 aromatic carbocycles. The van der Waals surface area contributed by atoms with Crippen molar-refractivity contribution >= 4 is 21.6 Å². The third-order valence-electron chi connectivity index (χ3n) is 6.96. The summed E-state index contributed by atoms with van der Waals surface area (Å²) in [5.74, 6) is 1.50. The Kier molecular flexibility index (Phi) is 7.23. The van der Waals surface area contributed by atoms with Crippen LogP contribution in [-0.4, -0.2) is 4.98 Å². The lowest BCUT2D eigenvalue weighted by Gasteiger charge is -2.16. The van der Waals surface area contributed by atoms with E-state index in [-0.39, 0.29) is 0 Å². The molecule has 0 unspecified atom stereocenters. The smallest absolute Gasteiger partial charge is 0.0969 e. The molecule has 0 atom stereocenters. The largest absolute Gasteiger partial charge is 0.241 e. The second-order valence-corrected chi connectivity index (χ2v) is 10.1. The molecule has 2 aromatic rings. The minimum absolute atomic E-state index is 0.717. The summed E-state index contributed by atoms with van der Waals surface area (Å²) in [5.41, 5.74) is 2.84. The molecule has 27 heavy (non-hydrogen) atoms. The van der Waals surface area contributed by atoms with Crippen LogP contribution in [0.25, 0.3) is 10.2 Å². The van der Waals surface area contributed by atoms with E-state index in [9.17, 15) is 0 Å². The van der Waals surface area contributed by atoms with E-state index >= 15 is 0 Å². The van der Waals surface area contributed by atoms with Crippen molar-refractivity contribution in [2.75, 3.05) is 0 Å². The van der Waals surface area contributed by atoms with Gasteiger partial charge in [-0.05, 0) is 49.3 Å². The Labute approximate surface area is 170 Å². The van der Waals surface area contributed by atoms with Gasteiger partial charge in [-0.1, -0.05) is 83.1 Å². The second-order valence-electron chi connectivity index (χ2n) is 9.07. The van der Waals surface area contributed by atoms with Crippen molar-refractivity contribution in [3.8, 4) is 0 Å². The summed E-state index contributed by atoms with van der Waals surface area (Å²) in [6.07, 6.45) is 22.6. The van der Waals surface area contributed by atoms with Crippen LogP contribution in [0.2, 0.25) is 0 Å². The minimum atomic E-state index is 0.717. The van der Waals surface area contributed by atoms with Gasteiger partial charge in [-0.15, -0.1) is 11.3 Å². The van der Waals surface area contributed by atoms with Gasteiger partial charge in [0.1, 0.15) is 0 Å². The SMILES string of the molecule is c1cc2nc(C3CCCCCCCC3)sc2cc1C1CCCCCCCC1. The lowest BCUT2D eigenvalue weighted by Crippen LogP contribution is -1.98. The van der Waals surface area contributed by atoms with Crippen LogP contribution in [0.3, 0.4) is 0 Å². The Bertz CT molecular complexity index is 661. The average Bonchev–Trinajstić information content (AvgIpc) is 3.19.